The van der Waals surface area contributed by atoms with Crippen LogP contribution in [0.2, 0.25) is 0 Å². The first kappa shape index (κ1) is 12.8. The second-order valence-electron chi connectivity index (χ2n) is 4.83. The quantitative estimate of drug-likeness (QED) is 0.721. The van der Waals surface area contributed by atoms with Gasteiger partial charge in [0.05, 0.1) is 5.75 Å². The molecule has 0 bridgehead atoms. The molecular formula is C11H22N2OS. The molecule has 0 spiro atoms. The van der Waals surface area contributed by atoms with Crippen molar-refractivity contribution in [2.45, 2.75) is 32.7 Å². The molecule has 1 amide bonds. The Hall–Kier alpha value is -0.220. The lowest BCUT2D eigenvalue weighted by atomic mass is 10.0. The molecule has 0 aliphatic carbocycles. The molecule has 0 radical (unpaired) electrons. The molecule has 0 atom stereocenters. The summed E-state index contributed by atoms with van der Waals surface area (Å²) in [7, 11) is 0. The smallest absolute Gasteiger partial charge is 0.230 e. The summed E-state index contributed by atoms with van der Waals surface area (Å²) >= 11 is 1.74. The van der Waals surface area contributed by atoms with Crippen molar-refractivity contribution in [3.63, 3.8) is 0 Å². The van der Waals surface area contributed by atoms with E-state index in [1.807, 2.05) is 0 Å². The normalized spacial score (nSPS) is 17.3. The van der Waals surface area contributed by atoms with Crippen LogP contribution in [0.1, 0.15) is 27.2 Å². The van der Waals surface area contributed by atoms with Crippen molar-refractivity contribution in [3.05, 3.63) is 0 Å². The lowest BCUT2D eigenvalue weighted by molar-refractivity contribution is -0.120. The Labute approximate surface area is 96.8 Å². The van der Waals surface area contributed by atoms with E-state index in [1.165, 1.54) is 0 Å². The second kappa shape index (κ2) is 5.75. The average Bonchev–Trinajstić information content (AvgIpc) is 2.09. The highest BCUT2D eigenvalue weighted by atomic mass is 32.2. The van der Waals surface area contributed by atoms with E-state index in [1.54, 1.807) is 11.8 Å². The number of nitrogens with one attached hydrogen (secondary N) is 2. The van der Waals surface area contributed by atoms with Gasteiger partial charge >= 0.3 is 0 Å². The predicted octanol–water partition coefficient (Wildman–Crippen LogP) is 1.24. The minimum atomic E-state index is -0.0599. The highest BCUT2D eigenvalue weighted by molar-refractivity contribution is 7.99. The van der Waals surface area contributed by atoms with Gasteiger partial charge in [-0.05, 0) is 45.0 Å². The first-order valence-corrected chi connectivity index (χ1v) is 6.78. The molecule has 15 heavy (non-hydrogen) atoms. The van der Waals surface area contributed by atoms with E-state index in [-0.39, 0.29) is 11.4 Å². The van der Waals surface area contributed by atoms with Gasteiger partial charge in [-0.25, -0.2) is 0 Å². The van der Waals surface area contributed by atoms with Crippen molar-refractivity contribution in [3.8, 4) is 0 Å². The van der Waals surface area contributed by atoms with Gasteiger partial charge in [-0.2, -0.15) is 11.8 Å². The zero-order valence-electron chi connectivity index (χ0n) is 9.93. The van der Waals surface area contributed by atoms with Gasteiger partial charge in [-0.1, -0.05) is 6.92 Å². The number of thioether (sulfide) groups is 1. The summed E-state index contributed by atoms with van der Waals surface area (Å²) < 4.78 is 0. The number of hydrogen-bond donors (Lipinski definition) is 2. The Morgan fingerprint density at radius 3 is 2.67 bits per heavy atom. The van der Waals surface area contributed by atoms with Crippen molar-refractivity contribution < 1.29 is 4.79 Å². The SMILES string of the molecule is CCC(C)(C)NC(=O)CSCC1CNC1. The summed E-state index contributed by atoms with van der Waals surface area (Å²) in [5.41, 5.74) is -0.0599. The highest BCUT2D eigenvalue weighted by Gasteiger charge is 2.19. The third-order valence-corrected chi connectivity index (χ3v) is 3.99. The number of carbonyl (C=O) groups excluding carboxylic acids is 1. The first-order chi connectivity index (χ1) is 7.03. The Balaban J connectivity index is 2.07. The van der Waals surface area contributed by atoms with Crippen LogP contribution >= 0.6 is 11.8 Å². The fourth-order valence-electron chi connectivity index (χ4n) is 1.29. The van der Waals surface area contributed by atoms with Crippen LogP contribution in [0.4, 0.5) is 0 Å². The van der Waals surface area contributed by atoms with Crippen LogP contribution in [-0.2, 0) is 4.79 Å². The lowest BCUT2D eigenvalue weighted by Gasteiger charge is -2.27. The Morgan fingerprint density at radius 2 is 2.20 bits per heavy atom. The maximum atomic E-state index is 11.6. The molecular weight excluding hydrogens is 208 g/mol. The molecule has 2 N–H and O–H groups in total. The fourth-order valence-corrected chi connectivity index (χ4v) is 2.23. The van der Waals surface area contributed by atoms with Gasteiger partial charge in [-0.15, -0.1) is 0 Å². The van der Waals surface area contributed by atoms with Crippen LogP contribution in [0, 0.1) is 5.92 Å². The second-order valence-corrected chi connectivity index (χ2v) is 5.86. The van der Waals surface area contributed by atoms with Gasteiger partial charge < -0.3 is 10.6 Å². The van der Waals surface area contributed by atoms with Gasteiger partial charge in [0.2, 0.25) is 5.91 Å². The van der Waals surface area contributed by atoms with E-state index >= 15 is 0 Å². The Bertz CT molecular complexity index is 215. The number of hydrogen-bond acceptors (Lipinski definition) is 3. The van der Waals surface area contributed by atoms with Crippen LogP contribution in [-0.4, -0.2) is 36.0 Å². The highest BCUT2D eigenvalue weighted by Crippen LogP contribution is 2.13. The zero-order chi connectivity index (χ0) is 11.3. The third-order valence-electron chi connectivity index (χ3n) is 2.81. The predicted molar refractivity (Wildman–Crippen MR) is 66.2 cm³/mol. The van der Waals surface area contributed by atoms with E-state index < -0.39 is 0 Å². The maximum absolute atomic E-state index is 11.6. The molecule has 4 heteroatoms. The summed E-state index contributed by atoms with van der Waals surface area (Å²) in [4.78, 5) is 11.6. The standard InChI is InChI=1S/C11H22N2OS/c1-4-11(2,3)13-10(14)8-15-7-9-5-12-6-9/h9,12H,4-8H2,1-3H3,(H,13,14). The number of carbonyl (C=O) groups is 1. The van der Waals surface area contributed by atoms with Gasteiger partial charge in [0.15, 0.2) is 0 Å². The number of rotatable bonds is 6. The molecule has 0 unspecified atom stereocenters. The molecule has 3 nitrogen and oxygen atoms in total. The van der Waals surface area contributed by atoms with Crippen molar-refractivity contribution in [1.29, 1.82) is 0 Å². The summed E-state index contributed by atoms with van der Waals surface area (Å²) in [5.74, 6) is 2.65. The van der Waals surface area contributed by atoms with E-state index in [4.69, 9.17) is 0 Å². The minimum Gasteiger partial charge on any atom is -0.351 e. The zero-order valence-corrected chi connectivity index (χ0v) is 10.7. The maximum Gasteiger partial charge on any atom is 0.230 e. The molecule has 0 aromatic heterocycles. The largest absolute Gasteiger partial charge is 0.351 e. The fraction of sp³-hybridized carbons (Fsp3) is 0.909. The summed E-state index contributed by atoms with van der Waals surface area (Å²) in [5, 5.41) is 6.27. The molecule has 0 saturated carbocycles. The summed E-state index contributed by atoms with van der Waals surface area (Å²) in [6, 6.07) is 0. The molecule has 0 aromatic rings. The van der Waals surface area contributed by atoms with Crippen LogP contribution in [0.15, 0.2) is 0 Å². The van der Waals surface area contributed by atoms with Crippen LogP contribution < -0.4 is 10.6 Å². The van der Waals surface area contributed by atoms with E-state index in [0.717, 1.165) is 31.2 Å². The van der Waals surface area contributed by atoms with Gasteiger partial charge in [0, 0.05) is 5.54 Å². The Morgan fingerprint density at radius 1 is 1.53 bits per heavy atom. The van der Waals surface area contributed by atoms with Crippen LogP contribution in [0.25, 0.3) is 0 Å². The minimum absolute atomic E-state index is 0.0599. The molecule has 1 aliphatic rings. The topological polar surface area (TPSA) is 41.1 Å². The Kier molecular flexibility index (Phi) is 4.93. The van der Waals surface area contributed by atoms with E-state index in [0.29, 0.717) is 5.75 Å². The van der Waals surface area contributed by atoms with Crippen molar-refractivity contribution >= 4 is 17.7 Å². The number of amides is 1. The molecule has 1 aliphatic heterocycles. The van der Waals surface area contributed by atoms with Gasteiger partial charge in [0.1, 0.15) is 0 Å². The molecule has 1 fully saturated rings. The molecule has 1 saturated heterocycles. The molecule has 1 heterocycles. The van der Waals surface area contributed by atoms with Crippen molar-refractivity contribution in [1.82, 2.24) is 10.6 Å². The van der Waals surface area contributed by atoms with E-state index in [2.05, 4.69) is 31.4 Å². The first-order valence-electron chi connectivity index (χ1n) is 5.63. The van der Waals surface area contributed by atoms with Gasteiger partial charge in [-0.3, -0.25) is 4.79 Å². The molecule has 1 rings (SSSR count). The van der Waals surface area contributed by atoms with Crippen molar-refractivity contribution in [2.24, 2.45) is 5.92 Å². The van der Waals surface area contributed by atoms with Gasteiger partial charge in [0.25, 0.3) is 0 Å². The van der Waals surface area contributed by atoms with Crippen LogP contribution in [0.3, 0.4) is 0 Å². The average molecular weight is 230 g/mol. The summed E-state index contributed by atoms with van der Waals surface area (Å²) in [6.07, 6.45) is 0.968. The monoisotopic (exact) mass is 230 g/mol. The third kappa shape index (κ3) is 4.89. The van der Waals surface area contributed by atoms with E-state index in [9.17, 15) is 4.79 Å². The summed E-state index contributed by atoms with van der Waals surface area (Å²) in [6.45, 7) is 8.45. The van der Waals surface area contributed by atoms with Crippen LogP contribution in [0.5, 0.6) is 0 Å². The lowest BCUT2D eigenvalue weighted by Crippen LogP contribution is -2.45. The van der Waals surface area contributed by atoms with Crippen molar-refractivity contribution in [2.75, 3.05) is 24.6 Å². The molecule has 88 valence electrons. The molecule has 0 aromatic carbocycles.